The van der Waals surface area contributed by atoms with Crippen molar-refractivity contribution in [2.75, 3.05) is 5.32 Å². The number of carbonyl (C=O) groups excluding carboxylic acids is 1. The molecule has 2 rings (SSSR count). The van der Waals surface area contributed by atoms with E-state index in [1.807, 2.05) is 6.07 Å². The van der Waals surface area contributed by atoms with Crippen LogP contribution in [0.5, 0.6) is 0 Å². The first-order chi connectivity index (χ1) is 7.70. The minimum Gasteiger partial charge on any atom is -0.309 e. The van der Waals surface area contributed by atoms with Crippen LogP contribution in [0.25, 0.3) is 0 Å². The number of nitrogens with one attached hydrogen (secondary N) is 2. The topological polar surface area (TPSA) is 57.8 Å². The minimum absolute atomic E-state index is 0.0226. The Kier molecular flexibility index (Phi) is 2.56. The Bertz CT molecular complexity index is 440. The second-order valence-electron chi connectivity index (χ2n) is 6.65. The molecule has 1 unspecified atom stereocenters. The molecule has 94 valence electrons. The molecule has 0 radical (unpaired) electrons. The molecule has 2 N–H and O–H groups in total. The number of nitrogens with zero attached hydrogens (tertiary/aromatic N) is 1. The quantitative estimate of drug-likeness (QED) is 0.828. The highest BCUT2D eigenvalue weighted by atomic mass is 16.2. The lowest BCUT2D eigenvalue weighted by Gasteiger charge is -2.14. The first kappa shape index (κ1) is 12.1. The minimum atomic E-state index is 0.0226. The summed E-state index contributed by atoms with van der Waals surface area (Å²) in [7, 11) is 0. The van der Waals surface area contributed by atoms with Crippen LogP contribution < -0.4 is 5.32 Å². The second-order valence-corrected chi connectivity index (χ2v) is 6.65. The molecule has 1 amide bonds. The first-order valence-corrected chi connectivity index (χ1v) is 6.07. The van der Waals surface area contributed by atoms with E-state index in [4.69, 9.17) is 0 Å². The van der Waals surface area contributed by atoms with Crippen molar-refractivity contribution in [2.24, 2.45) is 11.3 Å². The molecule has 0 aliphatic heterocycles. The van der Waals surface area contributed by atoms with Crippen molar-refractivity contribution >= 4 is 11.7 Å². The number of H-pyrrole nitrogens is 1. The zero-order valence-corrected chi connectivity index (χ0v) is 11.2. The molecule has 1 aromatic rings. The van der Waals surface area contributed by atoms with E-state index in [1.54, 1.807) is 0 Å². The number of hydrogen-bond donors (Lipinski definition) is 2. The van der Waals surface area contributed by atoms with Crippen LogP contribution in [-0.2, 0) is 10.2 Å². The number of aromatic amines is 1. The van der Waals surface area contributed by atoms with Gasteiger partial charge in [-0.3, -0.25) is 9.89 Å². The van der Waals surface area contributed by atoms with Crippen molar-refractivity contribution in [1.29, 1.82) is 0 Å². The van der Waals surface area contributed by atoms with Gasteiger partial charge in [-0.2, -0.15) is 5.10 Å². The molecule has 1 saturated carbocycles. The fraction of sp³-hybridized carbons (Fsp3) is 0.692. The van der Waals surface area contributed by atoms with E-state index in [0.717, 1.165) is 12.1 Å². The number of amides is 1. The summed E-state index contributed by atoms with van der Waals surface area (Å²) < 4.78 is 0. The highest BCUT2D eigenvalue weighted by molar-refractivity contribution is 5.94. The summed E-state index contributed by atoms with van der Waals surface area (Å²) in [6.45, 7) is 10.5. The predicted octanol–water partition coefficient (Wildman–Crippen LogP) is 2.69. The molecular formula is C13H21N3O. The molecule has 1 aliphatic rings. The second kappa shape index (κ2) is 3.59. The van der Waals surface area contributed by atoms with Crippen molar-refractivity contribution in [3.63, 3.8) is 0 Å². The van der Waals surface area contributed by atoms with E-state index >= 15 is 0 Å². The molecule has 0 spiro atoms. The fourth-order valence-electron chi connectivity index (χ4n) is 1.90. The molecule has 1 heterocycles. The molecule has 0 aromatic carbocycles. The van der Waals surface area contributed by atoms with Gasteiger partial charge in [0, 0.05) is 23.1 Å². The molecule has 1 fully saturated rings. The number of rotatable bonds is 2. The first-order valence-electron chi connectivity index (χ1n) is 6.07. The van der Waals surface area contributed by atoms with Gasteiger partial charge < -0.3 is 5.32 Å². The summed E-state index contributed by atoms with van der Waals surface area (Å²) in [6, 6.07) is 1.91. The SMILES string of the molecule is CC(C)(C)c1cc(NC(=O)C2CC2(C)C)n[nH]1. The van der Waals surface area contributed by atoms with Gasteiger partial charge in [0.1, 0.15) is 0 Å². The monoisotopic (exact) mass is 235 g/mol. The highest BCUT2D eigenvalue weighted by Crippen LogP contribution is 2.51. The van der Waals surface area contributed by atoms with Crippen molar-refractivity contribution < 1.29 is 4.79 Å². The summed E-state index contributed by atoms with van der Waals surface area (Å²) in [5, 5.41) is 9.96. The average Bonchev–Trinajstić information content (AvgIpc) is 2.60. The van der Waals surface area contributed by atoms with Crippen LogP contribution in [0.1, 0.15) is 46.7 Å². The van der Waals surface area contributed by atoms with Crippen LogP contribution in [0, 0.1) is 11.3 Å². The third-order valence-corrected chi connectivity index (χ3v) is 3.47. The third kappa shape index (κ3) is 2.51. The Hall–Kier alpha value is -1.32. The van der Waals surface area contributed by atoms with E-state index in [9.17, 15) is 4.79 Å². The van der Waals surface area contributed by atoms with Crippen LogP contribution in [0.15, 0.2) is 6.07 Å². The molecule has 0 saturated heterocycles. The zero-order valence-electron chi connectivity index (χ0n) is 11.2. The maximum absolute atomic E-state index is 11.9. The lowest BCUT2D eigenvalue weighted by atomic mass is 9.92. The van der Waals surface area contributed by atoms with Crippen LogP contribution in [0.2, 0.25) is 0 Å². The van der Waals surface area contributed by atoms with Gasteiger partial charge in [-0.25, -0.2) is 0 Å². The molecule has 4 heteroatoms. The summed E-state index contributed by atoms with van der Waals surface area (Å²) in [5.41, 5.74) is 1.21. The summed E-state index contributed by atoms with van der Waals surface area (Å²) in [6.07, 6.45) is 0.968. The van der Waals surface area contributed by atoms with E-state index in [1.165, 1.54) is 0 Å². The lowest BCUT2D eigenvalue weighted by molar-refractivity contribution is -0.118. The van der Waals surface area contributed by atoms with Gasteiger partial charge in [0.05, 0.1) is 0 Å². The maximum Gasteiger partial charge on any atom is 0.229 e. The molecule has 1 atom stereocenters. The van der Waals surface area contributed by atoms with Crippen LogP contribution in [-0.4, -0.2) is 16.1 Å². The Balaban J connectivity index is 2.01. The lowest BCUT2D eigenvalue weighted by Crippen LogP contribution is -2.16. The Morgan fingerprint density at radius 1 is 1.53 bits per heavy atom. The predicted molar refractivity (Wildman–Crippen MR) is 67.8 cm³/mol. The van der Waals surface area contributed by atoms with E-state index in [0.29, 0.717) is 5.82 Å². The summed E-state index contributed by atoms with van der Waals surface area (Å²) in [4.78, 5) is 11.9. The van der Waals surface area contributed by atoms with Gasteiger partial charge in [-0.05, 0) is 11.8 Å². The van der Waals surface area contributed by atoms with E-state index < -0.39 is 0 Å². The fourth-order valence-corrected chi connectivity index (χ4v) is 1.90. The standard InChI is InChI=1S/C13H21N3O/c1-12(2,3)9-6-10(16-15-9)14-11(17)8-7-13(8,4)5/h6,8H,7H2,1-5H3,(H2,14,15,16,17). The van der Waals surface area contributed by atoms with Gasteiger partial charge >= 0.3 is 0 Å². The van der Waals surface area contributed by atoms with E-state index in [2.05, 4.69) is 50.1 Å². The van der Waals surface area contributed by atoms with Gasteiger partial charge in [-0.15, -0.1) is 0 Å². The molecule has 4 nitrogen and oxygen atoms in total. The largest absolute Gasteiger partial charge is 0.309 e. The number of hydrogen-bond acceptors (Lipinski definition) is 2. The number of carbonyl (C=O) groups is 1. The van der Waals surface area contributed by atoms with Gasteiger partial charge in [0.25, 0.3) is 0 Å². The van der Waals surface area contributed by atoms with Crippen molar-refractivity contribution in [3.05, 3.63) is 11.8 Å². The van der Waals surface area contributed by atoms with Crippen LogP contribution in [0.4, 0.5) is 5.82 Å². The zero-order chi connectivity index (χ0) is 12.8. The maximum atomic E-state index is 11.9. The normalized spacial score (nSPS) is 22.3. The molecule has 1 aromatic heterocycles. The van der Waals surface area contributed by atoms with Crippen molar-refractivity contribution in [2.45, 2.75) is 46.5 Å². The Morgan fingerprint density at radius 3 is 2.53 bits per heavy atom. The van der Waals surface area contributed by atoms with Gasteiger partial charge in [0.2, 0.25) is 5.91 Å². The Labute approximate surface area is 102 Å². The molecule has 1 aliphatic carbocycles. The van der Waals surface area contributed by atoms with E-state index in [-0.39, 0.29) is 22.7 Å². The summed E-state index contributed by atoms with van der Waals surface area (Å²) in [5.74, 6) is 0.849. The smallest absolute Gasteiger partial charge is 0.229 e. The average molecular weight is 235 g/mol. The van der Waals surface area contributed by atoms with Crippen molar-refractivity contribution in [3.8, 4) is 0 Å². The Morgan fingerprint density at radius 2 is 2.12 bits per heavy atom. The number of aromatic nitrogens is 2. The van der Waals surface area contributed by atoms with Crippen LogP contribution >= 0.6 is 0 Å². The molecule has 17 heavy (non-hydrogen) atoms. The van der Waals surface area contributed by atoms with Crippen molar-refractivity contribution in [1.82, 2.24) is 10.2 Å². The molecular weight excluding hydrogens is 214 g/mol. The highest BCUT2D eigenvalue weighted by Gasteiger charge is 2.50. The van der Waals surface area contributed by atoms with Gasteiger partial charge in [-0.1, -0.05) is 34.6 Å². The van der Waals surface area contributed by atoms with Crippen LogP contribution in [0.3, 0.4) is 0 Å². The third-order valence-electron chi connectivity index (χ3n) is 3.47. The van der Waals surface area contributed by atoms with Gasteiger partial charge in [0.15, 0.2) is 5.82 Å². The number of anilines is 1. The summed E-state index contributed by atoms with van der Waals surface area (Å²) >= 11 is 0. The molecule has 0 bridgehead atoms.